The van der Waals surface area contributed by atoms with Crippen molar-refractivity contribution in [1.29, 1.82) is 0 Å². The average molecular weight is 278 g/mol. The lowest BCUT2D eigenvalue weighted by Crippen LogP contribution is -2.31. The summed E-state index contributed by atoms with van der Waals surface area (Å²) >= 11 is 0. The Kier molecular flexibility index (Phi) is 5.17. The van der Waals surface area contributed by atoms with E-state index in [-0.39, 0.29) is 0 Å². The minimum atomic E-state index is 0.609. The van der Waals surface area contributed by atoms with Crippen molar-refractivity contribution in [3.8, 4) is 0 Å². The van der Waals surface area contributed by atoms with E-state index in [0.717, 1.165) is 62.6 Å². The molecule has 0 bridgehead atoms. The van der Waals surface area contributed by atoms with Crippen LogP contribution in [0.1, 0.15) is 37.6 Å². The van der Waals surface area contributed by atoms with Gasteiger partial charge in [0, 0.05) is 38.8 Å². The van der Waals surface area contributed by atoms with Crippen molar-refractivity contribution in [2.45, 2.75) is 39.5 Å². The standard InChI is InChI=1S/C15H26N4O/c1-4-5-13-17-14(16)11(2)15(18-13)19(3)10-12-6-8-20-9-7-12/h12H,4-10H2,1-3H3,(H2,16,17,18). The van der Waals surface area contributed by atoms with E-state index in [4.69, 9.17) is 15.5 Å². The van der Waals surface area contributed by atoms with Gasteiger partial charge in [0.1, 0.15) is 17.5 Å². The van der Waals surface area contributed by atoms with Crippen molar-refractivity contribution in [1.82, 2.24) is 9.97 Å². The highest BCUT2D eigenvalue weighted by Crippen LogP contribution is 2.24. The van der Waals surface area contributed by atoms with Crippen molar-refractivity contribution in [3.63, 3.8) is 0 Å². The van der Waals surface area contributed by atoms with Crippen LogP contribution >= 0.6 is 0 Å². The quantitative estimate of drug-likeness (QED) is 0.894. The van der Waals surface area contributed by atoms with Crippen LogP contribution in [0.4, 0.5) is 11.6 Å². The topological polar surface area (TPSA) is 64.3 Å². The number of anilines is 2. The van der Waals surface area contributed by atoms with Gasteiger partial charge in [-0.05, 0) is 32.1 Å². The number of aryl methyl sites for hydroxylation is 1. The zero-order valence-electron chi connectivity index (χ0n) is 12.9. The third-order valence-corrected chi connectivity index (χ3v) is 3.91. The monoisotopic (exact) mass is 278 g/mol. The molecule has 1 aromatic heterocycles. The summed E-state index contributed by atoms with van der Waals surface area (Å²) in [6.45, 7) is 6.90. The number of nitrogens with two attached hydrogens (primary N) is 1. The van der Waals surface area contributed by atoms with Gasteiger partial charge in [-0.15, -0.1) is 0 Å². The summed E-state index contributed by atoms with van der Waals surface area (Å²) in [5.41, 5.74) is 7.01. The van der Waals surface area contributed by atoms with E-state index < -0.39 is 0 Å². The molecule has 0 aliphatic carbocycles. The molecule has 0 aromatic carbocycles. The van der Waals surface area contributed by atoms with Crippen LogP contribution in [0.2, 0.25) is 0 Å². The largest absolute Gasteiger partial charge is 0.383 e. The first-order valence-electron chi connectivity index (χ1n) is 7.53. The molecule has 112 valence electrons. The van der Waals surface area contributed by atoms with Crippen LogP contribution in [0.3, 0.4) is 0 Å². The normalized spacial score (nSPS) is 16.4. The lowest BCUT2D eigenvalue weighted by atomic mass is 10.00. The summed E-state index contributed by atoms with van der Waals surface area (Å²) in [5.74, 6) is 3.12. The lowest BCUT2D eigenvalue weighted by molar-refractivity contribution is 0.0685. The Labute approximate surface area is 121 Å². The van der Waals surface area contributed by atoms with Crippen LogP contribution in [-0.2, 0) is 11.2 Å². The molecule has 5 nitrogen and oxygen atoms in total. The van der Waals surface area contributed by atoms with Crippen molar-refractivity contribution in [2.75, 3.05) is 37.4 Å². The second-order valence-electron chi connectivity index (χ2n) is 5.66. The molecule has 2 heterocycles. The third-order valence-electron chi connectivity index (χ3n) is 3.91. The number of nitrogens with zero attached hydrogens (tertiary/aromatic N) is 3. The minimum absolute atomic E-state index is 0.609. The molecule has 1 aliphatic rings. The Hall–Kier alpha value is -1.36. The molecule has 1 aliphatic heterocycles. The average Bonchev–Trinajstić information content (AvgIpc) is 2.44. The summed E-state index contributed by atoms with van der Waals surface area (Å²) in [4.78, 5) is 11.3. The van der Waals surface area contributed by atoms with Crippen molar-refractivity contribution < 1.29 is 4.74 Å². The van der Waals surface area contributed by atoms with E-state index in [9.17, 15) is 0 Å². The van der Waals surface area contributed by atoms with Crippen LogP contribution < -0.4 is 10.6 Å². The summed E-state index contributed by atoms with van der Waals surface area (Å²) in [6, 6.07) is 0. The van der Waals surface area contributed by atoms with Crippen LogP contribution in [0, 0.1) is 12.8 Å². The molecular formula is C15H26N4O. The van der Waals surface area contributed by atoms with Gasteiger partial charge in [0.15, 0.2) is 0 Å². The van der Waals surface area contributed by atoms with Crippen LogP contribution in [0.15, 0.2) is 0 Å². The predicted octanol–water partition coefficient (Wildman–Crippen LogP) is 2.18. The highest BCUT2D eigenvalue weighted by atomic mass is 16.5. The summed E-state index contributed by atoms with van der Waals surface area (Å²) in [5, 5.41) is 0. The zero-order chi connectivity index (χ0) is 14.5. The highest BCUT2D eigenvalue weighted by Gasteiger charge is 2.19. The molecule has 2 rings (SSSR count). The van der Waals surface area contributed by atoms with Gasteiger partial charge in [-0.3, -0.25) is 0 Å². The summed E-state index contributed by atoms with van der Waals surface area (Å²) in [6.07, 6.45) is 4.17. The van der Waals surface area contributed by atoms with Crippen LogP contribution in [0.5, 0.6) is 0 Å². The molecule has 1 fully saturated rings. The molecule has 0 spiro atoms. The van der Waals surface area contributed by atoms with Gasteiger partial charge < -0.3 is 15.4 Å². The molecule has 0 radical (unpaired) electrons. The Morgan fingerprint density at radius 3 is 2.65 bits per heavy atom. The van der Waals surface area contributed by atoms with Gasteiger partial charge in [-0.25, -0.2) is 9.97 Å². The van der Waals surface area contributed by atoms with Gasteiger partial charge in [0.2, 0.25) is 0 Å². The molecule has 20 heavy (non-hydrogen) atoms. The molecule has 1 saturated heterocycles. The Balaban J connectivity index is 2.12. The molecular weight excluding hydrogens is 252 g/mol. The summed E-state index contributed by atoms with van der Waals surface area (Å²) < 4.78 is 5.42. The zero-order valence-corrected chi connectivity index (χ0v) is 12.9. The van der Waals surface area contributed by atoms with Gasteiger partial charge in [0.25, 0.3) is 0 Å². The van der Waals surface area contributed by atoms with Crippen molar-refractivity contribution in [2.24, 2.45) is 5.92 Å². The predicted molar refractivity (Wildman–Crippen MR) is 82.0 cm³/mol. The number of rotatable bonds is 5. The fourth-order valence-electron chi connectivity index (χ4n) is 2.68. The fourth-order valence-corrected chi connectivity index (χ4v) is 2.68. The molecule has 5 heteroatoms. The fraction of sp³-hybridized carbons (Fsp3) is 0.733. The van der Waals surface area contributed by atoms with Crippen LogP contribution in [-0.4, -0.2) is 36.8 Å². The molecule has 2 N–H and O–H groups in total. The van der Waals surface area contributed by atoms with E-state index in [0.29, 0.717) is 11.7 Å². The van der Waals surface area contributed by atoms with E-state index in [1.165, 1.54) is 0 Å². The van der Waals surface area contributed by atoms with Gasteiger partial charge in [-0.1, -0.05) is 6.92 Å². The molecule has 0 amide bonds. The number of hydrogen-bond donors (Lipinski definition) is 1. The highest BCUT2D eigenvalue weighted by molar-refractivity contribution is 5.56. The van der Waals surface area contributed by atoms with Gasteiger partial charge in [-0.2, -0.15) is 0 Å². The van der Waals surface area contributed by atoms with Crippen molar-refractivity contribution in [3.05, 3.63) is 11.4 Å². The number of ether oxygens (including phenoxy) is 1. The van der Waals surface area contributed by atoms with E-state index >= 15 is 0 Å². The summed E-state index contributed by atoms with van der Waals surface area (Å²) in [7, 11) is 2.10. The first-order valence-corrected chi connectivity index (χ1v) is 7.53. The third kappa shape index (κ3) is 3.60. The van der Waals surface area contributed by atoms with E-state index in [1.807, 2.05) is 6.92 Å². The van der Waals surface area contributed by atoms with Crippen LogP contribution in [0.25, 0.3) is 0 Å². The second-order valence-corrected chi connectivity index (χ2v) is 5.66. The van der Waals surface area contributed by atoms with Gasteiger partial charge in [0.05, 0.1) is 0 Å². The lowest BCUT2D eigenvalue weighted by Gasteiger charge is -2.29. The first-order chi connectivity index (χ1) is 9.61. The smallest absolute Gasteiger partial charge is 0.137 e. The maximum absolute atomic E-state index is 6.02. The maximum Gasteiger partial charge on any atom is 0.137 e. The van der Waals surface area contributed by atoms with E-state index in [2.05, 4.69) is 23.9 Å². The van der Waals surface area contributed by atoms with Crippen molar-refractivity contribution >= 4 is 11.6 Å². The minimum Gasteiger partial charge on any atom is -0.383 e. The number of hydrogen-bond acceptors (Lipinski definition) is 5. The Bertz CT molecular complexity index is 444. The molecule has 0 saturated carbocycles. The second kappa shape index (κ2) is 6.88. The number of aromatic nitrogens is 2. The first kappa shape index (κ1) is 15.0. The van der Waals surface area contributed by atoms with E-state index in [1.54, 1.807) is 0 Å². The number of nitrogen functional groups attached to an aromatic ring is 1. The molecule has 1 aromatic rings. The van der Waals surface area contributed by atoms with Gasteiger partial charge >= 0.3 is 0 Å². The SMILES string of the molecule is CCCc1nc(N)c(C)c(N(C)CC2CCOCC2)n1. The Morgan fingerprint density at radius 2 is 2.00 bits per heavy atom. The Morgan fingerprint density at radius 1 is 1.30 bits per heavy atom. The maximum atomic E-state index is 6.02. The molecule has 0 unspecified atom stereocenters. The molecule has 0 atom stereocenters.